The fourth-order valence-electron chi connectivity index (χ4n) is 13.5. The molecule has 7 aliphatic rings. The number of hydrogen-bond donors (Lipinski definition) is 2. The summed E-state index contributed by atoms with van der Waals surface area (Å²) >= 11 is 0. The maximum atomic E-state index is 15.3. The second kappa shape index (κ2) is 20.1. The maximum Gasteiger partial charge on any atom is 0.238 e. The number of halogens is 1. The normalized spacial score (nSPS) is 23.7. The lowest BCUT2D eigenvalue weighted by Crippen LogP contribution is -2.58. The van der Waals surface area contributed by atoms with Crippen molar-refractivity contribution in [2.75, 3.05) is 67.5 Å². The number of nitrogens with zero attached hydrogens (tertiary/aromatic N) is 9. The molecule has 16 nitrogen and oxygen atoms in total. The first-order valence-electron chi connectivity index (χ1n) is 27.7. The quantitative estimate of drug-likeness (QED) is 0.131. The maximum absolute atomic E-state index is 15.3. The molecule has 6 aliphatic heterocycles. The highest BCUT2D eigenvalue weighted by Gasteiger charge is 2.56. The molecule has 0 bridgehead atoms. The Morgan fingerprint density at radius 2 is 1.48 bits per heavy atom. The van der Waals surface area contributed by atoms with Crippen molar-refractivity contribution in [1.29, 1.82) is 0 Å². The SMILES string of the molecule is CC(C)n1cnc2cc(-c3ccc4c(c3)N([C@H]3C[C@@H](N5CCCCC5)C3)C(=O)C43CCN(C(=O)C4CCN(C(=O)C5CCN(c6ccc(C7CCC(=O)NC7=O)cc6)CC5)CC4)CC3)nc(Nc3ccncc3F)c21. The second-order valence-corrected chi connectivity index (χ2v) is 22.6. The summed E-state index contributed by atoms with van der Waals surface area (Å²) in [5.41, 5.74) is 6.43. The molecule has 17 heteroatoms. The Balaban J connectivity index is 0.712. The molecular formula is C58H68FN11O5. The molecule has 1 atom stereocenters. The van der Waals surface area contributed by atoms with Crippen LogP contribution in [0.1, 0.15) is 120 Å². The Kier molecular flexibility index (Phi) is 13.2. The summed E-state index contributed by atoms with van der Waals surface area (Å²) in [6.45, 7) is 10.0. The van der Waals surface area contributed by atoms with Gasteiger partial charge < -0.3 is 34.4 Å². The van der Waals surface area contributed by atoms with Gasteiger partial charge in [0.25, 0.3) is 0 Å². The van der Waals surface area contributed by atoms with Gasteiger partial charge in [-0.3, -0.25) is 34.3 Å². The number of amides is 5. The molecule has 3 aromatic heterocycles. The van der Waals surface area contributed by atoms with Gasteiger partial charge in [-0.2, -0.15) is 0 Å². The fourth-order valence-corrected chi connectivity index (χ4v) is 13.5. The molecule has 392 valence electrons. The molecule has 2 aromatic carbocycles. The van der Waals surface area contributed by atoms with Gasteiger partial charge in [0.1, 0.15) is 5.52 Å². The zero-order valence-corrected chi connectivity index (χ0v) is 43.2. The van der Waals surface area contributed by atoms with E-state index >= 15 is 9.18 Å². The van der Waals surface area contributed by atoms with Crippen molar-refractivity contribution in [2.24, 2.45) is 11.8 Å². The topological polar surface area (TPSA) is 169 Å². The Bertz CT molecular complexity index is 3010. The van der Waals surface area contributed by atoms with Crippen molar-refractivity contribution in [1.82, 2.24) is 39.5 Å². The first-order chi connectivity index (χ1) is 36.4. The van der Waals surface area contributed by atoms with E-state index in [1.807, 2.05) is 44.7 Å². The molecule has 5 saturated heterocycles. The van der Waals surface area contributed by atoms with E-state index in [1.165, 1.54) is 25.5 Å². The molecule has 5 amide bonds. The predicted molar refractivity (Wildman–Crippen MR) is 284 cm³/mol. The number of imidazole rings is 1. The van der Waals surface area contributed by atoms with Crippen LogP contribution in [0.4, 0.5) is 27.3 Å². The van der Waals surface area contributed by atoms with Gasteiger partial charge in [-0.25, -0.2) is 14.4 Å². The summed E-state index contributed by atoms with van der Waals surface area (Å²) in [5.74, 6) is -0.535. The lowest BCUT2D eigenvalue weighted by atomic mass is 9.73. The van der Waals surface area contributed by atoms with Crippen molar-refractivity contribution in [3.05, 3.63) is 90.3 Å². The van der Waals surface area contributed by atoms with E-state index < -0.39 is 11.2 Å². The molecule has 1 unspecified atom stereocenters. The summed E-state index contributed by atoms with van der Waals surface area (Å²) in [5, 5.41) is 5.70. The first kappa shape index (κ1) is 49.1. The predicted octanol–water partition coefficient (Wildman–Crippen LogP) is 7.86. The van der Waals surface area contributed by atoms with Gasteiger partial charge in [0.15, 0.2) is 11.6 Å². The third-order valence-corrected chi connectivity index (χ3v) is 18.0. The van der Waals surface area contributed by atoms with Gasteiger partial charge in [0.05, 0.1) is 40.8 Å². The van der Waals surface area contributed by atoms with Crippen LogP contribution in [0, 0.1) is 17.7 Å². The summed E-state index contributed by atoms with van der Waals surface area (Å²) in [6, 6.07) is 18.5. The van der Waals surface area contributed by atoms with E-state index in [9.17, 15) is 19.2 Å². The molecule has 9 heterocycles. The summed E-state index contributed by atoms with van der Waals surface area (Å²) in [4.78, 5) is 92.4. The highest BCUT2D eigenvalue weighted by Crippen LogP contribution is 2.52. The van der Waals surface area contributed by atoms with E-state index in [4.69, 9.17) is 9.97 Å². The number of carbonyl (C=O) groups excluding carboxylic acids is 5. The average molecular weight is 1020 g/mol. The minimum absolute atomic E-state index is 0.0555. The number of rotatable bonds is 10. The van der Waals surface area contributed by atoms with Crippen LogP contribution in [0.3, 0.4) is 0 Å². The van der Waals surface area contributed by atoms with Gasteiger partial charge >= 0.3 is 0 Å². The monoisotopic (exact) mass is 1020 g/mol. The average Bonchev–Trinajstić information content (AvgIpc) is 3.96. The van der Waals surface area contributed by atoms with Crippen molar-refractivity contribution >= 4 is 63.4 Å². The summed E-state index contributed by atoms with van der Waals surface area (Å²) in [6.07, 6.45) is 14.8. The molecule has 2 N–H and O–H groups in total. The summed E-state index contributed by atoms with van der Waals surface area (Å²) in [7, 11) is 0. The molecule has 6 fully saturated rings. The van der Waals surface area contributed by atoms with E-state index in [0.29, 0.717) is 82.3 Å². The molecule has 1 aliphatic carbocycles. The molecule has 75 heavy (non-hydrogen) atoms. The Labute approximate surface area is 437 Å². The number of piperidine rings is 5. The molecule has 0 radical (unpaired) electrons. The number of benzene rings is 2. The minimum Gasteiger partial charge on any atom is -0.371 e. The number of hydrogen-bond acceptors (Lipinski definition) is 11. The Morgan fingerprint density at radius 3 is 2.16 bits per heavy atom. The third-order valence-electron chi connectivity index (χ3n) is 18.0. The molecule has 1 saturated carbocycles. The Hall–Kier alpha value is -6.75. The Morgan fingerprint density at radius 1 is 0.787 bits per heavy atom. The zero-order chi connectivity index (χ0) is 51.5. The van der Waals surface area contributed by atoms with Crippen molar-refractivity contribution in [3.8, 4) is 11.3 Å². The standard InChI is InChI=1S/C58H68FN11O5/c1-36(2)69-35-61-49-33-48(63-53(52(49)69)62-47-14-21-60-34-46(47)59)40-8-12-45-50(30-40)70(43-31-42(32-43)65-22-4-3-5-23-65)57(75)58(45)19-28-68(29-20-58)56(74)39-17-26-67(27-18-39)55(73)38-15-24-66(25-16-38)41-9-6-37(7-10-41)44-11-13-51(71)64-54(44)72/h6-10,12,14,21,30,33-36,38-39,42-44H,3-5,11,13,15-20,22-29,31-32H2,1-2H3,(H,60,62,63)(H,64,71,72)/t42-,43+,44?. The third kappa shape index (κ3) is 9.11. The van der Waals surface area contributed by atoms with E-state index in [-0.39, 0.29) is 65.1 Å². The van der Waals surface area contributed by atoms with Crippen molar-refractivity contribution < 1.29 is 28.4 Å². The molecule has 1 spiro atoms. The molecule has 12 rings (SSSR count). The van der Waals surface area contributed by atoms with E-state index in [2.05, 4.69) is 62.4 Å². The number of imide groups is 1. The van der Waals surface area contributed by atoms with Gasteiger partial charge in [0, 0.05) is 98.8 Å². The van der Waals surface area contributed by atoms with Crippen LogP contribution >= 0.6 is 0 Å². The van der Waals surface area contributed by atoms with Gasteiger partial charge in [-0.1, -0.05) is 30.7 Å². The number of fused-ring (bicyclic) bond motifs is 3. The second-order valence-electron chi connectivity index (χ2n) is 22.6. The van der Waals surface area contributed by atoms with Crippen LogP contribution in [0.15, 0.2) is 73.3 Å². The van der Waals surface area contributed by atoms with Crippen LogP contribution < -0.4 is 20.4 Å². The van der Waals surface area contributed by atoms with E-state index in [0.717, 1.165) is 91.0 Å². The molecule has 5 aromatic rings. The number of carbonyl (C=O) groups is 5. The van der Waals surface area contributed by atoms with Crippen LogP contribution in [0.5, 0.6) is 0 Å². The van der Waals surface area contributed by atoms with Crippen LogP contribution in [0.2, 0.25) is 0 Å². The largest absolute Gasteiger partial charge is 0.371 e. The van der Waals surface area contributed by atoms with Crippen molar-refractivity contribution in [2.45, 2.75) is 127 Å². The van der Waals surface area contributed by atoms with Crippen molar-refractivity contribution in [3.63, 3.8) is 0 Å². The number of likely N-dealkylation sites (tertiary alicyclic amines) is 3. The number of aromatic nitrogens is 4. The molecular weight excluding hydrogens is 950 g/mol. The number of anilines is 4. The van der Waals surface area contributed by atoms with Gasteiger partial charge in [-0.05, 0) is 139 Å². The summed E-state index contributed by atoms with van der Waals surface area (Å²) < 4.78 is 17.1. The lowest BCUT2D eigenvalue weighted by Gasteiger charge is -2.48. The van der Waals surface area contributed by atoms with Crippen LogP contribution in [-0.4, -0.2) is 128 Å². The fraction of sp³-hybridized carbons (Fsp3) is 0.517. The van der Waals surface area contributed by atoms with Gasteiger partial charge in [-0.15, -0.1) is 0 Å². The van der Waals surface area contributed by atoms with Gasteiger partial charge in [0.2, 0.25) is 29.5 Å². The van der Waals surface area contributed by atoms with Crippen LogP contribution in [0.25, 0.3) is 22.3 Å². The van der Waals surface area contributed by atoms with E-state index in [1.54, 1.807) is 18.6 Å². The number of pyridine rings is 2. The lowest BCUT2D eigenvalue weighted by molar-refractivity contribution is -0.144. The first-order valence-corrected chi connectivity index (χ1v) is 27.7. The number of nitrogens with one attached hydrogen (secondary N) is 2. The highest BCUT2D eigenvalue weighted by molar-refractivity contribution is 6.09. The van der Waals surface area contributed by atoms with Crippen LogP contribution in [-0.2, 0) is 29.4 Å². The zero-order valence-electron chi connectivity index (χ0n) is 43.2. The highest BCUT2D eigenvalue weighted by atomic mass is 19.1. The minimum atomic E-state index is -0.746. The smallest absolute Gasteiger partial charge is 0.238 e.